The first-order chi connectivity index (χ1) is 7.45. The summed E-state index contributed by atoms with van der Waals surface area (Å²) in [5.74, 6) is 1.15. The summed E-state index contributed by atoms with van der Waals surface area (Å²) in [6.07, 6.45) is 2.39. The van der Waals surface area contributed by atoms with Crippen molar-refractivity contribution >= 4 is 33.9 Å². The lowest BCUT2D eigenvalue weighted by Gasteiger charge is -2.02. The topological polar surface area (TPSA) is 24.4 Å². The van der Waals surface area contributed by atoms with Crippen LogP contribution in [0, 0.1) is 0 Å². The molecule has 16 heavy (non-hydrogen) atoms. The Morgan fingerprint density at radius 3 is 2.75 bits per heavy atom. The third-order valence-corrected chi connectivity index (χ3v) is 3.37. The van der Waals surface area contributed by atoms with Crippen molar-refractivity contribution in [3.05, 3.63) is 35.9 Å². The van der Waals surface area contributed by atoms with Crippen LogP contribution in [0.5, 0.6) is 0 Å². The Labute approximate surface area is 112 Å². The molecule has 4 heteroatoms. The van der Waals surface area contributed by atoms with Gasteiger partial charge >= 0.3 is 0 Å². The minimum absolute atomic E-state index is 0. The van der Waals surface area contributed by atoms with Crippen LogP contribution in [0.25, 0.3) is 0 Å². The SMILES string of the molecule is Br.c1ccc(CCCSC2=NCCN2)cc1. The summed E-state index contributed by atoms with van der Waals surface area (Å²) < 4.78 is 0. The molecule has 1 aromatic carbocycles. The van der Waals surface area contributed by atoms with E-state index in [1.165, 1.54) is 18.4 Å². The summed E-state index contributed by atoms with van der Waals surface area (Å²) in [7, 11) is 0. The number of thioether (sulfide) groups is 1. The molecule has 0 unspecified atom stereocenters. The molecule has 0 saturated heterocycles. The van der Waals surface area contributed by atoms with Crippen molar-refractivity contribution in [1.29, 1.82) is 0 Å². The standard InChI is InChI=1S/C12H16N2S.BrH/c1-2-5-11(6-3-1)7-4-10-15-12-13-8-9-14-12;/h1-3,5-6H,4,7-10H2,(H,13,14);1H. The monoisotopic (exact) mass is 300 g/mol. The molecular formula is C12H17BrN2S. The van der Waals surface area contributed by atoms with Crippen LogP contribution in [0.4, 0.5) is 0 Å². The number of aryl methyl sites for hydroxylation is 1. The third-order valence-electron chi connectivity index (χ3n) is 2.33. The average molecular weight is 301 g/mol. The second-order valence-electron chi connectivity index (χ2n) is 3.55. The van der Waals surface area contributed by atoms with Gasteiger partial charge in [-0.25, -0.2) is 0 Å². The van der Waals surface area contributed by atoms with Gasteiger partial charge in [-0.05, 0) is 18.4 Å². The summed E-state index contributed by atoms with van der Waals surface area (Å²) in [6, 6.07) is 10.7. The van der Waals surface area contributed by atoms with Gasteiger partial charge in [0.2, 0.25) is 0 Å². The molecule has 88 valence electrons. The Bertz CT molecular complexity index is 327. The number of hydrogen-bond acceptors (Lipinski definition) is 3. The minimum Gasteiger partial charge on any atom is -0.363 e. The molecule has 0 amide bonds. The van der Waals surface area contributed by atoms with Gasteiger partial charge in [-0.2, -0.15) is 0 Å². The van der Waals surface area contributed by atoms with Gasteiger partial charge in [0.05, 0.1) is 6.54 Å². The average Bonchev–Trinajstić information content (AvgIpc) is 2.79. The van der Waals surface area contributed by atoms with Crippen LogP contribution >= 0.6 is 28.7 Å². The fraction of sp³-hybridized carbons (Fsp3) is 0.417. The molecule has 0 saturated carbocycles. The van der Waals surface area contributed by atoms with Crippen LogP contribution in [0.15, 0.2) is 35.3 Å². The number of nitrogens with one attached hydrogen (secondary N) is 1. The number of amidine groups is 1. The second-order valence-corrected chi connectivity index (χ2v) is 4.63. The van der Waals surface area contributed by atoms with Crippen molar-refractivity contribution in [2.24, 2.45) is 4.99 Å². The summed E-state index contributed by atoms with van der Waals surface area (Å²) in [4.78, 5) is 4.35. The van der Waals surface area contributed by atoms with Crippen molar-refractivity contribution < 1.29 is 0 Å². The van der Waals surface area contributed by atoms with Gasteiger partial charge in [0.25, 0.3) is 0 Å². The Morgan fingerprint density at radius 2 is 2.06 bits per heavy atom. The number of halogens is 1. The molecule has 0 spiro atoms. The van der Waals surface area contributed by atoms with E-state index in [0.29, 0.717) is 0 Å². The van der Waals surface area contributed by atoms with Gasteiger partial charge in [-0.1, -0.05) is 42.1 Å². The first kappa shape index (κ1) is 13.6. The van der Waals surface area contributed by atoms with E-state index in [4.69, 9.17) is 0 Å². The van der Waals surface area contributed by atoms with Gasteiger partial charge in [0, 0.05) is 12.3 Å². The number of nitrogens with zero attached hydrogens (tertiary/aromatic N) is 1. The van der Waals surface area contributed by atoms with Gasteiger partial charge in [-0.3, -0.25) is 4.99 Å². The number of hydrogen-bond donors (Lipinski definition) is 1. The highest BCUT2D eigenvalue weighted by molar-refractivity contribution is 8.93. The molecule has 1 N–H and O–H groups in total. The van der Waals surface area contributed by atoms with Crippen molar-refractivity contribution in [2.75, 3.05) is 18.8 Å². The number of aliphatic imine (C=N–C) groups is 1. The van der Waals surface area contributed by atoms with Crippen molar-refractivity contribution in [2.45, 2.75) is 12.8 Å². The summed E-state index contributed by atoms with van der Waals surface area (Å²) in [6.45, 7) is 1.96. The molecule has 0 radical (unpaired) electrons. The van der Waals surface area contributed by atoms with E-state index in [0.717, 1.165) is 24.0 Å². The molecule has 0 aliphatic carbocycles. The largest absolute Gasteiger partial charge is 0.363 e. The zero-order chi connectivity index (χ0) is 10.3. The van der Waals surface area contributed by atoms with E-state index in [2.05, 4.69) is 40.6 Å². The fourth-order valence-corrected chi connectivity index (χ4v) is 2.43. The predicted octanol–water partition coefficient (Wildman–Crippen LogP) is 2.89. The minimum atomic E-state index is 0. The maximum Gasteiger partial charge on any atom is 0.156 e. The van der Waals surface area contributed by atoms with Gasteiger partial charge in [-0.15, -0.1) is 17.0 Å². The molecule has 0 atom stereocenters. The molecule has 0 aromatic heterocycles. The third kappa shape index (κ3) is 4.58. The maximum absolute atomic E-state index is 4.35. The van der Waals surface area contributed by atoms with E-state index in [1.54, 1.807) is 0 Å². The van der Waals surface area contributed by atoms with Crippen LogP contribution in [0.1, 0.15) is 12.0 Å². The van der Waals surface area contributed by atoms with Crippen molar-refractivity contribution in [3.8, 4) is 0 Å². The quantitative estimate of drug-likeness (QED) is 0.865. The van der Waals surface area contributed by atoms with Crippen LogP contribution < -0.4 is 5.32 Å². The summed E-state index contributed by atoms with van der Waals surface area (Å²) in [5, 5.41) is 4.40. The fourth-order valence-electron chi connectivity index (χ4n) is 1.56. The number of rotatable bonds is 4. The van der Waals surface area contributed by atoms with Crippen LogP contribution in [0.3, 0.4) is 0 Å². The van der Waals surface area contributed by atoms with E-state index in [-0.39, 0.29) is 17.0 Å². The molecule has 1 aliphatic rings. The lowest BCUT2D eigenvalue weighted by Crippen LogP contribution is -2.15. The smallest absolute Gasteiger partial charge is 0.156 e. The first-order valence-corrected chi connectivity index (χ1v) is 6.39. The van der Waals surface area contributed by atoms with Gasteiger partial charge in [0.1, 0.15) is 0 Å². The zero-order valence-electron chi connectivity index (χ0n) is 9.19. The Hall–Kier alpha value is -0.480. The van der Waals surface area contributed by atoms with E-state index < -0.39 is 0 Å². The Balaban J connectivity index is 0.00000128. The zero-order valence-corrected chi connectivity index (χ0v) is 11.7. The van der Waals surface area contributed by atoms with Gasteiger partial charge < -0.3 is 5.32 Å². The second kappa shape index (κ2) is 7.74. The van der Waals surface area contributed by atoms with E-state index >= 15 is 0 Å². The Kier molecular flexibility index (Phi) is 6.57. The highest BCUT2D eigenvalue weighted by Gasteiger charge is 2.04. The molecular weight excluding hydrogens is 284 g/mol. The molecule has 1 aliphatic heterocycles. The predicted molar refractivity (Wildman–Crippen MR) is 77.8 cm³/mol. The first-order valence-electron chi connectivity index (χ1n) is 5.40. The van der Waals surface area contributed by atoms with Crippen LogP contribution in [-0.2, 0) is 6.42 Å². The summed E-state index contributed by atoms with van der Waals surface area (Å²) in [5.41, 5.74) is 1.43. The molecule has 0 bridgehead atoms. The van der Waals surface area contributed by atoms with Gasteiger partial charge in [0.15, 0.2) is 5.17 Å². The molecule has 1 heterocycles. The van der Waals surface area contributed by atoms with E-state index in [9.17, 15) is 0 Å². The van der Waals surface area contributed by atoms with Crippen LogP contribution in [0.2, 0.25) is 0 Å². The highest BCUT2D eigenvalue weighted by atomic mass is 79.9. The molecule has 1 aromatic rings. The summed E-state index contributed by atoms with van der Waals surface area (Å²) >= 11 is 1.84. The highest BCUT2D eigenvalue weighted by Crippen LogP contribution is 2.10. The molecule has 0 fully saturated rings. The maximum atomic E-state index is 4.35. The molecule has 2 nitrogen and oxygen atoms in total. The van der Waals surface area contributed by atoms with Crippen molar-refractivity contribution in [1.82, 2.24) is 5.32 Å². The number of benzene rings is 1. The lowest BCUT2D eigenvalue weighted by atomic mass is 10.1. The van der Waals surface area contributed by atoms with Crippen molar-refractivity contribution in [3.63, 3.8) is 0 Å². The lowest BCUT2D eigenvalue weighted by molar-refractivity contribution is 0.934. The van der Waals surface area contributed by atoms with Crippen LogP contribution in [-0.4, -0.2) is 24.0 Å². The molecule has 2 rings (SSSR count). The Morgan fingerprint density at radius 1 is 1.25 bits per heavy atom. The van der Waals surface area contributed by atoms with E-state index in [1.807, 2.05) is 11.8 Å². The normalized spacial score (nSPS) is 13.9.